The topological polar surface area (TPSA) is 75.7 Å². The standard InChI is InChI=1S/C18H28N2O4S/c1-3-24-17-10-8-15(9-11-17)6-4-12-19-18(21)16-7-5-13-20(14-16)25(2,22)23/h8-11,16H,3-7,12-14H2,1-2H3,(H,19,21). The van der Waals surface area contributed by atoms with Gasteiger partial charge in [-0.05, 0) is 50.3 Å². The lowest BCUT2D eigenvalue weighted by molar-refractivity contribution is -0.126. The molecule has 1 N–H and O–H groups in total. The zero-order valence-corrected chi connectivity index (χ0v) is 15.8. The highest BCUT2D eigenvalue weighted by Gasteiger charge is 2.29. The van der Waals surface area contributed by atoms with E-state index in [-0.39, 0.29) is 11.8 Å². The quantitative estimate of drug-likeness (QED) is 0.710. The smallest absolute Gasteiger partial charge is 0.224 e. The molecule has 140 valence electrons. The monoisotopic (exact) mass is 368 g/mol. The number of benzene rings is 1. The molecule has 1 heterocycles. The largest absolute Gasteiger partial charge is 0.494 e. The number of amides is 1. The molecular weight excluding hydrogens is 340 g/mol. The van der Waals surface area contributed by atoms with Crippen LogP contribution in [0.1, 0.15) is 31.7 Å². The van der Waals surface area contributed by atoms with Gasteiger partial charge in [0.1, 0.15) is 5.75 Å². The first-order chi connectivity index (χ1) is 11.9. The van der Waals surface area contributed by atoms with Gasteiger partial charge in [0.25, 0.3) is 0 Å². The van der Waals surface area contributed by atoms with Crippen molar-refractivity contribution in [2.24, 2.45) is 5.92 Å². The van der Waals surface area contributed by atoms with Crippen LogP contribution in [0.2, 0.25) is 0 Å². The molecule has 0 aliphatic carbocycles. The summed E-state index contributed by atoms with van der Waals surface area (Å²) in [5, 5.41) is 2.94. The van der Waals surface area contributed by atoms with Gasteiger partial charge in [0.2, 0.25) is 15.9 Å². The van der Waals surface area contributed by atoms with Crippen LogP contribution < -0.4 is 10.1 Å². The molecular formula is C18H28N2O4S. The molecule has 1 aromatic carbocycles. The number of hydrogen-bond acceptors (Lipinski definition) is 4. The van der Waals surface area contributed by atoms with E-state index in [0.29, 0.717) is 26.2 Å². The Bertz CT molecular complexity index is 658. The number of rotatable bonds is 8. The molecule has 0 spiro atoms. The van der Waals surface area contributed by atoms with E-state index in [1.165, 1.54) is 16.1 Å². The van der Waals surface area contributed by atoms with E-state index in [0.717, 1.165) is 31.4 Å². The average molecular weight is 368 g/mol. The third kappa shape index (κ3) is 6.32. The molecule has 1 aliphatic heterocycles. The minimum Gasteiger partial charge on any atom is -0.494 e. The van der Waals surface area contributed by atoms with Crippen LogP contribution in [0.5, 0.6) is 5.75 Å². The van der Waals surface area contributed by atoms with E-state index >= 15 is 0 Å². The van der Waals surface area contributed by atoms with Gasteiger partial charge < -0.3 is 10.1 Å². The lowest BCUT2D eigenvalue weighted by atomic mass is 9.99. The van der Waals surface area contributed by atoms with Crippen LogP contribution in [-0.2, 0) is 21.2 Å². The van der Waals surface area contributed by atoms with Crippen molar-refractivity contribution in [1.29, 1.82) is 0 Å². The van der Waals surface area contributed by atoms with E-state index in [9.17, 15) is 13.2 Å². The average Bonchev–Trinajstić information content (AvgIpc) is 2.59. The van der Waals surface area contributed by atoms with E-state index in [1.54, 1.807) is 0 Å². The van der Waals surface area contributed by atoms with Crippen molar-refractivity contribution in [1.82, 2.24) is 9.62 Å². The molecule has 6 nitrogen and oxygen atoms in total. The van der Waals surface area contributed by atoms with Gasteiger partial charge >= 0.3 is 0 Å². The number of nitrogens with one attached hydrogen (secondary N) is 1. The Morgan fingerprint density at radius 2 is 2.04 bits per heavy atom. The van der Waals surface area contributed by atoms with Crippen LogP contribution in [0.4, 0.5) is 0 Å². The van der Waals surface area contributed by atoms with Crippen molar-refractivity contribution in [3.05, 3.63) is 29.8 Å². The number of hydrogen-bond donors (Lipinski definition) is 1. The summed E-state index contributed by atoms with van der Waals surface area (Å²) in [7, 11) is -3.22. The Morgan fingerprint density at radius 1 is 1.32 bits per heavy atom. The summed E-state index contributed by atoms with van der Waals surface area (Å²) in [6.45, 7) is 4.02. The molecule has 1 amide bonds. The van der Waals surface area contributed by atoms with E-state index in [4.69, 9.17) is 4.74 Å². The minimum atomic E-state index is -3.22. The summed E-state index contributed by atoms with van der Waals surface area (Å²) >= 11 is 0. The molecule has 7 heteroatoms. The number of carbonyl (C=O) groups excluding carboxylic acids is 1. The van der Waals surface area contributed by atoms with Gasteiger partial charge in [-0.1, -0.05) is 12.1 Å². The molecule has 0 bridgehead atoms. The zero-order valence-electron chi connectivity index (χ0n) is 15.0. The number of aryl methyl sites for hydroxylation is 1. The molecule has 25 heavy (non-hydrogen) atoms. The first-order valence-corrected chi connectivity index (χ1v) is 10.7. The first kappa shape index (κ1) is 19.7. The van der Waals surface area contributed by atoms with Crippen LogP contribution >= 0.6 is 0 Å². The Morgan fingerprint density at radius 3 is 2.68 bits per heavy atom. The van der Waals surface area contributed by atoms with Crippen molar-refractivity contribution < 1.29 is 17.9 Å². The van der Waals surface area contributed by atoms with E-state index < -0.39 is 10.0 Å². The fourth-order valence-electron chi connectivity index (χ4n) is 3.03. The molecule has 1 fully saturated rings. The molecule has 0 aromatic heterocycles. The summed E-state index contributed by atoms with van der Waals surface area (Å²) in [4.78, 5) is 12.2. The van der Waals surface area contributed by atoms with Crippen LogP contribution in [-0.4, -0.2) is 51.1 Å². The molecule has 1 unspecified atom stereocenters. The maximum Gasteiger partial charge on any atom is 0.224 e. The second kappa shape index (κ2) is 9.20. The third-order valence-corrected chi connectivity index (χ3v) is 5.67. The Labute approximate surface area is 150 Å². The normalized spacial score (nSPS) is 18.7. The fourth-order valence-corrected chi connectivity index (χ4v) is 3.94. The summed E-state index contributed by atoms with van der Waals surface area (Å²) in [5.41, 5.74) is 1.21. The third-order valence-electron chi connectivity index (χ3n) is 4.40. The number of nitrogens with zero attached hydrogens (tertiary/aromatic N) is 1. The maximum absolute atomic E-state index is 12.2. The van der Waals surface area contributed by atoms with Crippen molar-refractivity contribution in [2.75, 3.05) is 32.5 Å². The number of carbonyl (C=O) groups is 1. The second-order valence-electron chi connectivity index (χ2n) is 6.43. The lowest BCUT2D eigenvalue weighted by Crippen LogP contribution is -2.45. The summed E-state index contributed by atoms with van der Waals surface area (Å²) in [5.74, 6) is 0.585. The summed E-state index contributed by atoms with van der Waals surface area (Å²) < 4.78 is 30.1. The Balaban J connectivity index is 1.71. The van der Waals surface area contributed by atoms with Gasteiger partial charge in [-0.3, -0.25) is 4.79 Å². The van der Waals surface area contributed by atoms with Crippen LogP contribution in [0.25, 0.3) is 0 Å². The molecule has 1 aromatic rings. The molecule has 0 radical (unpaired) electrons. The summed E-state index contributed by atoms with van der Waals surface area (Å²) in [6, 6.07) is 7.99. The Kier molecular flexibility index (Phi) is 7.25. The second-order valence-corrected chi connectivity index (χ2v) is 8.41. The molecule has 2 rings (SSSR count). The van der Waals surface area contributed by atoms with Crippen LogP contribution in [0.3, 0.4) is 0 Å². The fraction of sp³-hybridized carbons (Fsp3) is 0.611. The van der Waals surface area contributed by atoms with Gasteiger partial charge in [-0.25, -0.2) is 12.7 Å². The van der Waals surface area contributed by atoms with E-state index in [1.807, 2.05) is 31.2 Å². The summed E-state index contributed by atoms with van der Waals surface area (Å²) in [6.07, 6.45) is 4.41. The first-order valence-electron chi connectivity index (χ1n) is 8.84. The highest BCUT2D eigenvalue weighted by Crippen LogP contribution is 2.19. The molecule has 0 saturated carbocycles. The zero-order chi connectivity index (χ0) is 18.3. The number of piperidine rings is 1. The van der Waals surface area contributed by atoms with Crippen LogP contribution in [0, 0.1) is 5.92 Å². The number of sulfonamides is 1. The van der Waals surface area contributed by atoms with Gasteiger partial charge in [-0.15, -0.1) is 0 Å². The highest BCUT2D eigenvalue weighted by atomic mass is 32.2. The minimum absolute atomic E-state index is 0.0416. The van der Waals surface area contributed by atoms with Gasteiger partial charge in [0, 0.05) is 19.6 Å². The highest BCUT2D eigenvalue weighted by molar-refractivity contribution is 7.88. The van der Waals surface area contributed by atoms with Crippen molar-refractivity contribution in [3.63, 3.8) is 0 Å². The molecule has 1 aliphatic rings. The lowest BCUT2D eigenvalue weighted by Gasteiger charge is -2.30. The van der Waals surface area contributed by atoms with Gasteiger partial charge in [0.15, 0.2) is 0 Å². The molecule has 1 atom stereocenters. The van der Waals surface area contributed by atoms with E-state index in [2.05, 4.69) is 5.32 Å². The molecule has 1 saturated heterocycles. The Hall–Kier alpha value is -1.60. The van der Waals surface area contributed by atoms with Crippen LogP contribution in [0.15, 0.2) is 24.3 Å². The SMILES string of the molecule is CCOc1ccc(CCCNC(=O)C2CCCN(S(C)(=O)=O)C2)cc1. The van der Waals surface area contributed by atoms with Crippen molar-refractivity contribution >= 4 is 15.9 Å². The van der Waals surface area contributed by atoms with Gasteiger partial charge in [0.05, 0.1) is 18.8 Å². The predicted molar refractivity (Wildman–Crippen MR) is 98.1 cm³/mol. The maximum atomic E-state index is 12.2. The van der Waals surface area contributed by atoms with Gasteiger partial charge in [-0.2, -0.15) is 0 Å². The number of ether oxygens (including phenoxy) is 1. The van der Waals surface area contributed by atoms with Crippen molar-refractivity contribution in [3.8, 4) is 5.75 Å². The predicted octanol–water partition coefficient (Wildman–Crippen LogP) is 1.81. The van der Waals surface area contributed by atoms with Crippen molar-refractivity contribution in [2.45, 2.75) is 32.6 Å².